The van der Waals surface area contributed by atoms with Gasteiger partial charge >= 0.3 is 6.18 Å². The topological polar surface area (TPSA) is 44.4 Å². The minimum Gasteiger partial charge on any atom is -0.354 e. The third-order valence-electron chi connectivity index (χ3n) is 3.11. The standard InChI is InChI=1S/C12H22F3N3O.ClH/c1-11(2,3)10(19)17-8-9(12(13,14)15)18-6-4-16-5-7-18;/h9,16H,4-8H2,1-3H3,(H,17,19);1H. The van der Waals surface area contributed by atoms with Crippen molar-refractivity contribution in [1.29, 1.82) is 0 Å². The Morgan fingerprint density at radius 2 is 1.75 bits per heavy atom. The van der Waals surface area contributed by atoms with Crippen LogP contribution < -0.4 is 10.6 Å². The molecule has 1 aliphatic heterocycles. The van der Waals surface area contributed by atoms with Gasteiger partial charge in [0, 0.05) is 38.1 Å². The van der Waals surface area contributed by atoms with E-state index in [1.54, 1.807) is 20.8 Å². The van der Waals surface area contributed by atoms with Crippen molar-refractivity contribution >= 4 is 18.3 Å². The highest BCUT2D eigenvalue weighted by Crippen LogP contribution is 2.25. The molecule has 0 aromatic rings. The van der Waals surface area contributed by atoms with Gasteiger partial charge in [-0.05, 0) is 0 Å². The van der Waals surface area contributed by atoms with Crippen LogP contribution in [0.25, 0.3) is 0 Å². The van der Waals surface area contributed by atoms with Gasteiger partial charge in [-0.1, -0.05) is 20.8 Å². The Labute approximate surface area is 123 Å². The number of carbonyl (C=O) groups is 1. The van der Waals surface area contributed by atoms with Gasteiger partial charge in [0.15, 0.2) is 0 Å². The average Bonchev–Trinajstić information content (AvgIpc) is 2.27. The first-order valence-corrected chi connectivity index (χ1v) is 6.42. The molecule has 0 aromatic heterocycles. The number of amides is 1. The lowest BCUT2D eigenvalue weighted by atomic mass is 9.95. The first kappa shape index (κ1) is 19.5. The van der Waals surface area contributed by atoms with Crippen molar-refractivity contribution in [1.82, 2.24) is 15.5 Å². The van der Waals surface area contributed by atoms with Crippen LogP contribution in [-0.4, -0.2) is 55.7 Å². The van der Waals surface area contributed by atoms with Crippen LogP contribution in [0.3, 0.4) is 0 Å². The summed E-state index contributed by atoms with van der Waals surface area (Å²) in [6.07, 6.45) is -4.33. The van der Waals surface area contributed by atoms with Crippen LogP contribution >= 0.6 is 12.4 Å². The van der Waals surface area contributed by atoms with Gasteiger partial charge in [-0.25, -0.2) is 0 Å². The van der Waals surface area contributed by atoms with Gasteiger partial charge in [0.25, 0.3) is 0 Å². The number of nitrogens with zero attached hydrogens (tertiary/aromatic N) is 1. The average molecular weight is 318 g/mol. The summed E-state index contributed by atoms with van der Waals surface area (Å²) in [5.74, 6) is -0.364. The number of halogens is 4. The number of alkyl halides is 3. The minimum atomic E-state index is -4.33. The SMILES string of the molecule is CC(C)(C)C(=O)NCC(N1CCNCC1)C(F)(F)F.Cl. The summed E-state index contributed by atoms with van der Waals surface area (Å²) in [7, 11) is 0. The molecule has 8 heteroatoms. The third kappa shape index (κ3) is 5.85. The maximum Gasteiger partial charge on any atom is 0.405 e. The van der Waals surface area contributed by atoms with E-state index in [4.69, 9.17) is 0 Å². The van der Waals surface area contributed by atoms with Crippen molar-refractivity contribution in [2.24, 2.45) is 5.41 Å². The Kier molecular flexibility index (Phi) is 7.27. The summed E-state index contributed by atoms with van der Waals surface area (Å²) in [5.41, 5.74) is -0.681. The van der Waals surface area contributed by atoms with Crippen molar-refractivity contribution < 1.29 is 18.0 Å². The van der Waals surface area contributed by atoms with Gasteiger partial charge in [0.1, 0.15) is 6.04 Å². The number of rotatable bonds is 3. The lowest BCUT2D eigenvalue weighted by Crippen LogP contribution is -2.58. The fourth-order valence-corrected chi connectivity index (χ4v) is 1.90. The predicted octanol–water partition coefficient (Wildman–Crippen LogP) is 1.41. The summed E-state index contributed by atoms with van der Waals surface area (Å²) in [6.45, 7) is 6.41. The molecule has 120 valence electrons. The highest BCUT2D eigenvalue weighted by atomic mass is 35.5. The first-order valence-electron chi connectivity index (χ1n) is 6.42. The second-order valence-electron chi connectivity index (χ2n) is 5.80. The summed E-state index contributed by atoms with van der Waals surface area (Å²) >= 11 is 0. The summed E-state index contributed by atoms with van der Waals surface area (Å²) in [5, 5.41) is 5.42. The molecule has 1 saturated heterocycles. The number of nitrogens with one attached hydrogen (secondary N) is 2. The fourth-order valence-electron chi connectivity index (χ4n) is 1.90. The normalized spacial score (nSPS) is 19.1. The fraction of sp³-hybridized carbons (Fsp3) is 0.917. The Hall–Kier alpha value is -0.530. The van der Waals surface area contributed by atoms with Gasteiger partial charge < -0.3 is 10.6 Å². The van der Waals surface area contributed by atoms with Crippen molar-refractivity contribution in [2.45, 2.75) is 33.0 Å². The molecular formula is C12H23ClF3N3O. The molecule has 1 unspecified atom stereocenters. The molecule has 0 radical (unpaired) electrons. The largest absolute Gasteiger partial charge is 0.405 e. The lowest BCUT2D eigenvalue weighted by Gasteiger charge is -2.36. The zero-order valence-electron chi connectivity index (χ0n) is 12.0. The van der Waals surface area contributed by atoms with Crippen LogP contribution in [0.15, 0.2) is 0 Å². The Morgan fingerprint density at radius 1 is 1.25 bits per heavy atom. The van der Waals surface area contributed by atoms with E-state index in [-0.39, 0.29) is 24.9 Å². The van der Waals surface area contributed by atoms with E-state index in [9.17, 15) is 18.0 Å². The van der Waals surface area contributed by atoms with Crippen molar-refractivity contribution in [2.75, 3.05) is 32.7 Å². The van der Waals surface area contributed by atoms with Crippen LogP contribution in [0.4, 0.5) is 13.2 Å². The Balaban J connectivity index is 0.00000361. The molecule has 20 heavy (non-hydrogen) atoms. The van der Waals surface area contributed by atoms with Crippen LogP contribution in [-0.2, 0) is 4.79 Å². The van der Waals surface area contributed by atoms with E-state index in [1.165, 1.54) is 4.90 Å². The molecule has 1 amide bonds. The first-order chi connectivity index (χ1) is 8.62. The monoisotopic (exact) mass is 317 g/mol. The third-order valence-corrected chi connectivity index (χ3v) is 3.11. The quantitative estimate of drug-likeness (QED) is 0.827. The minimum absolute atomic E-state index is 0. The van der Waals surface area contributed by atoms with Gasteiger partial charge in [0.2, 0.25) is 5.91 Å². The zero-order chi connectivity index (χ0) is 14.7. The number of piperazine rings is 1. The van der Waals surface area contributed by atoms with E-state index >= 15 is 0 Å². The molecule has 4 nitrogen and oxygen atoms in total. The molecule has 1 heterocycles. The molecule has 0 saturated carbocycles. The Bertz CT molecular complexity index is 312. The van der Waals surface area contributed by atoms with Crippen LogP contribution in [0.2, 0.25) is 0 Å². The molecule has 1 aliphatic rings. The van der Waals surface area contributed by atoms with Crippen LogP contribution in [0.1, 0.15) is 20.8 Å². The number of carbonyl (C=O) groups excluding carboxylic acids is 1. The molecule has 0 aromatic carbocycles. The molecule has 1 atom stereocenters. The van der Waals surface area contributed by atoms with Gasteiger partial charge in [-0.2, -0.15) is 13.2 Å². The molecule has 0 bridgehead atoms. The van der Waals surface area contributed by atoms with Crippen LogP contribution in [0.5, 0.6) is 0 Å². The van der Waals surface area contributed by atoms with Gasteiger partial charge in [-0.15, -0.1) is 12.4 Å². The second-order valence-corrected chi connectivity index (χ2v) is 5.80. The molecular weight excluding hydrogens is 295 g/mol. The maximum absolute atomic E-state index is 13.0. The van der Waals surface area contributed by atoms with Crippen LogP contribution in [0, 0.1) is 5.41 Å². The summed E-state index contributed by atoms with van der Waals surface area (Å²) < 4.78 is 39.1. The smallest absolute Gasteiger partial charge is 0.354 e. The van der Waals surface area contributed by atoms with Crippen molar-refractivity contribution in [3.8, 4) is 0 Å². The van der Waals surface area contributed by atoms with Gasteiger partial charge in [0.05, 0.1) is 0 Å². The number of hydrogen-bond acceptors (Lipinski definition) is 3. The molecule has 1 fully saturated rings. The zero-order valence-corrected chi connectivity index (χ0v) is 12.8. The highest BCUT2D eigenvalue weighted by molar-refractivity contribution is 5.85. The lowest BCUT2D eigenvalue weighted by molar-refractivity contribution is -0.184. The Morgan fingerprint density at radius 3 is 2.15 bits per heavy atom. The van der Waals surface area contributed by atoms with E-state index in [0.29, 0.717) is 26.2 Å². The van der Waals surface area contributed by atoms with E-state index in [2.05, 4.69) is 10.6 Å². The van der Waals surface area contributed by atoms with E-state index in [1.807, 2.05) is 0 Å². The summed E-state index contributed by atoms with van der Waals surface area (Å²) in [4.78, 5) is 13.0. The molecule has 0 aliphatic carbocycles. The second kappa shape index (κ2) is 7.47. The van der Waals surface area contributed by atoms with Crippen molar-refractivity contribution in [3.63, 3.8) is 0 Å². The van der Waals surface area contributed by atoms with Crippen molar-refractivity contribution in [3.05, 3.63) is 0 Å². The highest BCUT2D eigenvalue weighted by Gasteiger charge is 2.44. The maximum atomic E-state index is 13.0. The van der Waals surface area contributed by atoms with E-state index in [0.717, 1.165) is 0 Å². The molecule has 0 spiro atoms. The summed E-state index contributed by atoms with van der Waals surface area (Å²) in [6, 6.07) is -1.61. The van der Waals surface area contributed by atoms with E-state index < -0.39 is 17.6 Å². The molecule has 1 rings (SSSR count). The predicted molar refractivity (Wildman–Crippen MR) is 74.0 cm³/mol. The van der Waals surface area contributed by atoms with Gasteiger partial charge in [-0.3, -0.25) is 9.69 Å². The number of hydrogen-bond donors (Lipinski definition) is 2. The molecule has 2 N–H and O–H groups in total.